The Morgan fingerprint density at radius 2 is 2.17 bits per heavy atom. The predicted molar refractivity (Wildman–Crippen MR) is 117 cm³/mol. The molecule has 4 rings (SSSR count). The molecule has 5 nitrogen and oxygen atoms in total. The van der Waals surface area contributed by atoms with Crippen LogP contribution in [0.1, 0.15) is 41.6 Å². The molecule has 1 aliphatic rings. The Kier molecular flexibility index (Phi) is 6.06. The van der Waals surface area contributed by atoms with Gasteiger partial charge in [0.1, 0.15) is 11.8 Å². The van der Waals surface area contributed by atoms with Crippen molar-refractivity contribution in [2.45, 2.75) is 25.4 Å². The molecule has 1 aliphatic heterocycles. The average molecular weight is 448 g/mol. The van der Waals surface area contributed by atoms with Crippen LogP contribution in [0.15, 0.2) is 63.6 Å². The monoisotopic (exact) mass is 447 g/mol. The Labute approximate surface area is 182 Å². The highest BCUT2D eigenvalue weighted by Crippen LogP contribution is 2.34. The lowest BCUT2D eigenvalue weighted by molar-refractivity contribution is -0.132. The molecule has 0 saturated carbocycles. The van der Waals surface area contributed by atoms with Crippen LogP contribution < -0.4 is 5.32 Å². The van der Waals surface area contributed by atoms with Crippen molar-refractivity contribution in [1.29, 1.82) is 0 Å². The normalized spacial score (nSPS) is 17.4. The number of carbonyl (C=O) groups is 1. The maximum Gasteiger partial charge on any atom is 0.257 e. The zero-order valence-electron chi connectivity index (χ0n) is 15.6. The van der Waals surface area contributed by atoms with Crippen molar-refractivity contribution < 1.29 is 9.21 Å². The number of carbonyl (C=O) groups excluding carboxylic acids is 1. The van der Waals surface area contributed by atoms with Gasteiger partial charge in [0.05, 0.1) is 33.4 Å². The molecule has 2 aromatic heterocycles. The van der Waals surface area contributed by atoms with E-state index in [-0.39, 0.29) is 24.5 Å². The summed E-state index contributed by atoms with van der Waals surface area (Å²) in [4.78, 5) is 14.1. The fraction of sp³-hybridized carbons (Fsp3) is 0.238. The molecule has 0 aliphatic carbocycles. The van der Waals surface area contributed by atoms with Gasteiger partial charge in [-0.15, -0.1) is 11.3 Å². The molecule has 2 unspecified atom stereocenters. The summed E-state index contributed by atoms with van der Waals surface area (Å²) in [5, 5.41) is 12.4. The second-order valence-corrected chi connectivity index (χ2v) is 8.48. The molecule has 0 radical (unpaired) electrons. The number of hydrazone groups is 1. The van der Waals surface area contributed by atoms with Gasteiger partial charge >= 0.3 is 0 Å². The first-order chi connectivity index (χ1) is 14.0. The number of amides is 1. The zero-order valence-corrected chi connectivity index (χ0v) is 18.0. The van der Waals surface area contributed by atoms with Gasteiger partial charge < -0.3 is 9.73 Å². The lowest BCUT2D eigenvalue weighted by Crippen LogP contribution is -2.36. The van der Waals surface area contributed by atoms with E-state index in [4.69, 9.17) is 27.6 Å². The predicted octanol–water partition coefficient (Wildman–Crippen LogP) is 5.68. The van der Waals surface area contributed by atoms with Crippen LogP contribution in [0.3, 0.4) is 0 Å². The number of halogens is 2. The summed E-state index contributed by atoms with van der Waals surface area (Å²) >= 11 is 14.0. The molecule has 1 aromatic carbocycles. The van der Waals surface area contributed by atoms with Gasteiger partial charge in [-0.25, -0.2) is 5.01 Å². The van der Waals surface area contributed by atoms with Gasteiger partial charge in [0.15, 0.2) is 0 Å². The second-order valence-electron chi connectivity index (χ2n) is 6.74. The number of hydrogen-bond acceptors (Lipinski definition) is 5. The largest absolute Gasteiger partial charge is 0.467 e. The summed E-state index contributed by atoms with van der Waals surface area (Å²) in [5.41, 5.74) is 1.74. The van der Waals surface area contributed by atoms with E-state index in [0.717, 1.165) is 21.9 Å². The summed E-state index contributed by atoms with van der Waals surface area (Å²) in [6.45, 7) is 2.06. The number of nitrogens with zero attached hydrogens (tertiary/aromatic N) is 2. The number of benzene rings is 1. The minimum atomic E-state index is -0.249. The molecule has 29 heavy (non-hydrogen) atoms. The SMILES string of the molecule is CC(NCC(=O)N1N=C(c2cccs2)CC1c1ccco1)c1cccc(Cl)c1Cl. The second kappa shape index (κ2) is 8.71. The highest BCUT2D eigenvalue weighted by Gasteiger charge is 2.35. The summed E-state index contributed by atoms with van der Waals surface area (Å²) < 4.78 is 5.57. The van der Waals surface area contributed by atoms with Crippen molar-refractivity contribution in [3.63, 3.8) is 0 Å². The van der Waals surface area contributed by atoms with E-state index in [1.165, 1.54) is 5.01 Å². The van der Waals surface area contributed by atoms with Gasteiger partial charge in [-0.05, 0) is 42.1 Å². The molecule has 0 fully saturated rings. The van der Waals surface area contributed by atoms with Crippen molar-refractivity contribution in [1.82, 2.24) is 10.3 Å². The standard InChI is InChI=1S/C21H19Cl2N3O2S/c1-13(14-5-2-6-15(22)21(14)23)24-12-20(27)26-17(18-7-3-9-28-18)11-16(25-26)19-8-4-10-29-19/h2-10,13,17,24H,11-12H2,1H3. The number of hydrogen-bond donors (Lipinski definition) is 1. The molecule has 8 heteroatoms. The molecule has 1 N–H and O–H groups in total. The lowest BCUT2D eigenvalue weighted by Gasteiger charge is -2.22. The number of furan rings is 1. The van der Waals surface area contributed by atoms with Gasteiger partial charge in [0.25, 0.3) is 5.91 Å². The van der Waals surface area contributed by atoms with Crippen molar-refractivity contribution in [2.75, 3.05) is 6.54 Å². The van der Waals surface area contributed by atoms with Gasteiger partial charge in [-0.2, -0.15) is 5.10 Å². The number of thiophene rings is 1. The van der Waals surface area contributed by atoms with E-state index in [0.29, 0.717) is 16.5 Å². The minimum Gasteiger partial charge on any atom is -0.467 e. The highest BCUT2D eigenvalue weighted by molar-refractivity contribution is 7.12. The Hall–Kier alpha value is -2.12. The van der Waals surface area contributed by atoms with Crippen LogP contribution in [-0.4, -0.2) is 23.2 Å². The van der Waals surface area contributed by atoms with E-state index >= 15 is 0 Å². The maximum absolute atomic E-state index is 13.0. The number of rotatable bonds is 6. The summed E-state index contributed by atoms with van der Waals surface area (Å²) in [5.74, 6) is 0.586. The topological polar surface area (TPSA) is 57.8 Å². The molecule has 0 spiro atoms. The van der Waals surface area contributed by atoms with E-state index in [1.54, 1.807) is 23.7 Å². The van der Waals surface area contributed by atoms with E-state index < -0.39 is 0 Å². The zero-order chi connectivity index (χ0) is 20.4. The average Bonchev–Trinajstić information content (AvgIpc) is 3.48. The first-order valence-corrected chi connectivity index (χ1v) is 10.8. The minimum absolute atomic E-state index is 0.114. The number of nitrogens with one attached hydrogen (secondary N) is 1. The third kappa shape index (κ3) is 4.26. The Bertz CT molecular complexity index is 1020. The van der Waals surface area contributed by atoms with Crippen LogP contribution in [-0.2, 0) is 4.79 Å². The summed E-state index contributed by atoms with van der Waals surface area (Å²) in [6.07, 6.45) is 2.23. The van der Waals surface area contributed by atoms with E-state index in [9.17, 15) is 4.79 Å². The maximum atomic E-state index is 13.0. The van der Waals surface area contributed by atoms with E-state index in [1.807, 2.05) is 48.7 Å². The van der Waals surface area contributed by atoms with Gasteiger partial charge in [-0.1, -0.05) is 41.4 Å². The van der Waals surface area contributed by atoms with Crippen LogP contribution in [0.4, 0.5) is 0 Å². The van der Waals surface area contributed by atoms with Crippen LogP contribution >= 0.6 is 34.5 Å². The first-order valence-electron chi connectivity index (χ1n) is 9.18. The lowest BCUT2D eigenvalue weighted by atomic mass is 10.1. The first kappa shape index (κ1) is 20.2. The van der Waals surface area contributed by atoms with Crippen molar-refractivity contribution in [2.24, 2.45) is 5.10 Å². The third-order valence-corrected chi connectivity index (χ3v) is 6.60. The van der Waals surface area contributed by atoms with E-state index in [2.05, 4.69) is 10.4 Å². The van der Waals surface area contributed by atoms with Crippen LogP contribution in [0.2, 0.25) is 10.0 Å². The summed E-state index contributed by atoms with van der Waals surface area (Å²) in [7, 11) is 0. The molecule has 3 aromatic rings. The summed E-state index contributed by atoms with van der Waals surface area (Å²) in [6, 6.07) is 12.8. The molecular formula is C21H19Cl2N3O2S. The van der Waals surface area contributed by atoms with Crippen molar-refractivity contribution in [3.8, 4) is 0 Å². The van der Waals surface area contributed by atoms with Crippen LogP contribution in [0.25, 0.3) is 0 Å². The molecule has 3 heterocycles. The van der Waals surface area contributed by atoms with Crippen molar-refractivity contribution >= 4 is 46.2 Å². The van der Waals surface area contributed by atoms with Gasteiger partial charge in [0, 0.05) is 12.5 Å². The van der Waals surface area contributed by atoms with Gasteiger partial charge in [0.2, 0.25) is 0 Å². The molecule has 1 amide bonds. The van der Waals surface area contributed by atoms with Crippen LogP contribution in [0, 0.1) is 0 Å². The highest BCUT2D eigenvalue weighted by atomic mass is 35.5. The Morgan fingerprint density at radius 3 is 2.90 bits per heavy atom. The smallest absolute Gasteiger partial charge is 0.257 e. The fourth-order valence-electron chi connectivity index (χ4n) is 3.32. The molecule has 0 bridgehead atoms. The molecule has 0 saturated heterocycles. The molecular weight excluding hydrogens is 429 g/mol. The Morgan fingerprint density at radius 1 is 1.31 bits per heavy atom. The van der Waals surface area contributed by atoms with Crippen molar-refractivity contribution in [3.05, 3.63) is 80.4 Å². The molecule has 2 atom stereocenters. The quantitative estimate of drug-likeness (QED) is 0.528. The fourth-order valence-corrected chi connectivity index (χ4v) is 4.51. The third-order valence-electron chi connectivity index (χ3n) is 4.85. The Balaban J connectivity index is 1.50. The van der Waals surface area contributed by atoms with Gasteiger partial charge in [-0.3, -0.25) is 4.79 Å². The molecule has 150 valence electrons. The van der Waals surface area contributed by atoms with Crippen LogP contribution in [0.5, 0.6) is 0 Å².